The van der Waals surface area contributed by atoms with Crippen LogP contribution in [0.3, 0.4) is 0 Å². The van der Waals surface area contributed by atoms with Crippen LogP contribution in [0, 0.1) is 0 Å². The maximum Gasteiger partial charge on any atom is 0.134 e. The first kappa shape index (κ1) is 13.6. The van der Waals surface area contributed by atoms with Crippen molar-refractivity contribution in [3.8, 4) is 0 Å². The number of nitrogens with zero attached hydrogens (tertiary/aromatic N) is 3. The summed E-state index contributed by atoms with van der Waals surface area (Å²) in [6.07, 6.45) is 3.22. The minimum atomic E-state index is 0.294. The Labute approximate surface area is 113 Å². The first-order valence-electron chi connectivity index (χ1n) is 6.63. The minimum absolute atomic E-state index is 0.294. The van der Waals surface area contributed by atoms with Crippen molar-refractivity contribution < 1.29 is 4.74 Å². The van der Waals surface area contributed by atoms with Gasteiger partial charge in [0.15, 0.2) is 0 Å². The standard InChI is InChI=1S/C13H20ClN3O/c1-3-5-12-15-11(14)8-13(16-12)17-6-7-18-10(4-2)9-17/h8,10H,3-7,9H2,1-2H3. The lowest BCUT2D eigenvalue weighted by Crippen LogP contribution is -2.42. The molecular formula is C13H20ClN3O. The van der Waals surface area contributed by atoms with Gasteiger partial charge in [-0.05, 0) is 12.8 Å². The largest absolute Gasteiger partial charge is 0.375 e. The summed E-state index contributed by atoms with van der Waals surface area (Å²) in [7, 11) is 0. The van der Waals surface area contributed by atoms with Gasteiger partial charge in [0.05, 0.1) is 12.7 Å². The fraction of sp³-hybridized carbons (Fsp3) is 0.692. The summed E-state index contributed by atoms with van der Waals surface area (Å²) >= 11 is 6.07. The zero-order valence-corrected chi connectivity index (χ0v) is 11.8. The second-order valence-corrected chi connectivity index (χ2v) is 4.95. The van der Waals surface area contributed by atoms with Gasteiger partial charge in [0, 0.05) is 25.6 Å². The van der Waals surface area contributed by atoms with E-state index in [0.29, 0.717) is 11.3 Å². The number of aryl methyl sites for hydroxylation is 1. The Hall–Kier alpha value is -0.870. The fourth-order valence-electron chi connectivity index (χ4n) is 2.12. The van der Waals surface area contributed by atoms with E-state index >= 15 is 0 Å². The lowest BCUT2D eigenvalue weighted by atomic mass is 10.2. The summed E-state index contributed by atoms with van der Waals surface area (Å²) in [5, 5.41) is 0.531. The number of aromatic nitrogens is 2. The zero-order valence-electron chi connectivity index (χ0n) is 11.0. The minimum Gasteiger partial charge on any atom is -0.375 e. The van der Waals surface area contributed by atoms with Gasteiger partial charge in [-0.15, -0.1) is 0 Å². The predicted octanol–water partition coefficient (Wildman–Crippen LogP) is 2.70. The number of hydrogen-bond donors (Lipinski definition) is 0. The molecule has 1 aliphatic heterocycles. The third kappa shape index (κ3) is 3.33. The van der Waals surface area contributed by atoms with Crippen LogP contribution in [-0.2, 0) is 11.2 Å². The monoisotopic (exact) mass is 269 g/mol. The van der Waals surface area contributed by atoms with Crippen LogP contribution in [0.2, 0.25) is 5.15 Å². The van der Waals surface area contributed by atoms with Crippen molar-refractivity contribution in [3.63, 3.8) is 0 Å². The van der Waals surface area contributed by atoms with Gasteiger partial charge in [0.1, 0.15) is 16.8 Å². The molecule has 1 aromatic heterocycles. The number of anilines is 1. The molecule has 2 rings (SSSR count). The van der Waals surface area contributed by atoms with Gasteiger partial charge in [0.2, 0.25) is 0 Å². The molecule has 1 aromatic rings. The van der Waals surface area contributed by atoms with E-state index in [2.05, 4.69) is 28.7 Å². The smallest absolute Gasteiger partial charge is 0.134 e. The van der Waals surface area contributed by atoms with Gasteiger partial charge in [0.25, 0.3) is 0 Å². The van der Waals surface area contributed by atoms with Crippen LogP contribution in [0.25, 0.3) is 0 Å². The summed E-state index contributed by atoms with van der Waals surface area (Å²) in [4.78, 5) is 11.1. The molecule has 0 N–H and O–H groups in total. The van der Waals surface area contributed by atoms with E-state index in [4.69, 9.17) is 16.3 Å². The third-order valence-corrected chi connectivity index (χ3v) is 3.31. The van der Waals surface area contributed by atoms with Crippen molar-refractivity contribution >= 4 is 17.4 Å². The van der Waals surface area contributed by atoms with Crippen LogP contribution in [0.4, 0.5) is 5.82 Å². The van der Waals surface area contributed by atoms with Crippen molar-refractivity contribution in [2.75, 3.05) is 24.6 Å². The van der Waals surface area contributed by atoms with Crippen molar-refractivity contribution in [2.24, 2.45) is 0 Å². The Morgan fingerprint density at radius 2 is 2.28 bits per heavy atom. The lowest BCUT2D eigenvalue weighted by molar-refractivity contribution is 0.0381. The van der Waals surface area contributed by atoms with Gasteiger partial charge in [-0.3, -0.25) is 0 Å². The quantitative estimate of drug-likeness (QED) is 0.788. The van der Waals surface area contributed by atoms with Crippen molar-refractivity contribution in [2.45, 2.75) is 39.2 Å². The predicted molar refractivity (Wildman–Crippen MR) is 73.3 cm³/mol. The molecule has 18 heavy (non-hydrogen) atoms. The van der Waals surface area contributed by atoms with Gasteiger partial charge in [-0.1, -0.05) is 25.4 Å². The molecule has 0 aromatic carbocycles. The van der Waals surface area contributed by atoms with E-state index in [9.17, 15) is 0 Å². The second-order valence-electron chi connectivity index (χ2n) is 4.56. The second kappa shape index (κ2) is 6.34. The molecule has 1 aliphatic rings. The normalized spacial score (nSPS) is 20.2. The summed E-state index contributed by atoms with van der Waals surface area (Å²) in [6.45, 7) is 6.77. The number of ether oxygens (including phenoxy) is 1. The summed E-state index contributed by atoms with van der Waals surface area (Å²) in [6, 6.07) is 1.85. The van der Waals surface area contributed by atoms with Crippen molar-refractivity contribution in [1.82, 2.24) is 9.97 Å². The van der Waals surface area contributed by atoms with Crippen LogP contribution in [-0.4, -0.2) is 35.8 Å². The highest BCUT2D eigenvalue weighted by atomic mass is 35.5. The van der Waals surface area contributed by atoms with Crippen LogP contribution in [0.1, 0.15) is 32.5 Å². The molecule has 0 amide bonds. The van der Waals surface area contributed by atoms with Crippen LogP contribution in [0.15, 0.2) is 6.07 Å². The van der Waals surface area contributed by atoms with Crippen LogP contribution >= 0.6 is 11.6 Å². The molecule has 1 fully saturated rings. The number of halogens is 1. The highest BCUT2D eigenvalue weighted by Gasteiger charge is 2.20. The first-order chi connectivity index (χ1) is 8.72. The summed E-state index contributed by atoms with van der Waals surface area (Å²) < 4.78 is 5.67. The van der Waals surface area contributed by atoms with Gasteiger partial charge in [-0.25, -0.2) is 9.97 Å². The van der Waals surface area contributed by atoms with E-state index in [1.807, 2.05) is 6.07 Å². The molecule has 5 heteroatoms. The average molecular weight is 270 g/mol. The molecule has 100 valence electrons. The molecule has 0 aliphatic carbocycles. The maximum atomic E-state index is 6.07. The van der Waals surface area contributed by atoms with Gasteiger partial charge < -0.3 is 9.64 Å². The molecule has 1 unspecified atom stereocenters. The maximum absolute atomic E-state index is 6.07. The Morgan fingerprint density at radius 3 is 3.00 bits per heavy atom. The molecule has 4 nitrogen and oxygen atoms in total. The topological polar surface area (TPSA) is 38.2 Å². The van der Waals surface area contributed by atoms with Crippen molar-refractivity contribution in [3.05, 3.63) is 17.0 Å². The Bertz CT molecular complexity index is 400. The first-order valence-corrected chi connectivity index (χ1v) is 7.00. The van der Waals surface area contributed by atoms with E-state index in [1.54, 1.807) is 0 Å². The lowest BCUT2D eigenvalue weighted by Gasteiger charge is -2.33. The summed E-state index contributed by atoms with van der Waals surface area (Å²) in [5.41, 5.74) is 0. The molecule has 0 spiro atoms. The molecule has 1 saturated heterocycles. The third-order valence-electron chi connectivity index (χ3n) is 3.12. The molecular weight excluding hydrogens is 250 g/mol. The van der Waals surface area contributed by atoms with E-state index < -0.39 is 0 Å². The zero-order chi connectivity index (χ0) is 13.0. The fourth-order valence-corrected chi connectivity index (χ4v) is 2.32. The number of hydrogen-bond acceptors (Lipinski definition) is 4. The molecule has 0 saturated carbocycles. The number of morpholine rings is 1. The Kier molecular flexibility index (Phi) is 4.78. The molecule has 0 bridgehead atoms. The Morgan fingerprint density at radius 1 is 1.44 bits per heavy atom. The van der Waals surface area contributed by atoms with Gasteiger partial charge >= 0.3 is 0 Å². The molecule has 2 heterocycles. The van der Waals surface area contributed by atoms with E-state index in [1.165, 1.54) is 0 Å². The highest BCUT2D eigenvalue weighted by molar-refractivity contribution is 6.29. The number of rotatable bonds is 4. The molecule has 0 radical (unpaired) electrons. The highest BCUT2D eigenvalue weighted by Crippen LogP contribution is 2.20. The van der Waals surface area contributed by atoms with Crippen LogP contribution in [0.5, 0.6) is 0 Å². The van der Waals surface area contributed by atoms with Gasteiger partial charge in [-0.2, -0.15) is 0 Å². The van der Waals surface area contributed by atoms with E-state index in [0.717, 1.165) is 50.6 Å². The van der Waals surface area contributed by atoms with Crippen LogP contribution < -0.4 is 4.90 Å². The van der Waals surface area contributed by atoms with E-state index in [-0.39, 0.29) is 0 Å². The Balaban J connectivity index is 2.16. The molecule has 1 atom stereocenters. The van der Waals surface area contributed by atoms with Crippen molar-refractivity contribution in [1.29, 1.82) is 0 Å². The average Bonchev–Trinajstić information content (AvgIpc) is 2.38. The summed E-state index contributed by atoms with van der Waals surface area (Å²) in [5.74, 6) is 1.76. The SMILES string of the molecule is CCCc1nc(Cl)cc(N2CCOC(CC)C2)n1.